The van der Waals surface area contributed by atoms with Crippen LogP contribution in [-0.2, 0) is 4.79 Å². The number of hydrogen-bond donors (Lipinski definition) is 0. The molecular weight excluding hydrogens is 306 g/mol. The molecule has 1 aromatic rings. The molecule has 0 aromatic carbocycles. The van der Waals surface area contributed by atoms with Crippen molar-refractivity contribution in [1.29, 1.82) is 0 Å². The van der Waals surface area contributed by atoms with Crippen molar-refractivity contribution in [3.63, 3.8) is 0 Å². The minimum atomic E-state index is 0.316. The van der Waals surface area contributed by atoms with Gasteiger partial charge in [-0.15, -0.1) is 11.3 Å². The second-order valence-corrected chi connectivity index (χ2v) is 8.10. The van der Waals surface area contributed by atoms with E-state index in [2.05, 4.69) is 48.0 Å². The van der Waals surface area contributed by atoms with Gasteiger partial charge in [-0.3, -0.25) is 9.69 Å². The second-order valence-electron chi connectivity index (χ2n) is 7.21. The van der Waals surface area contributed by atoms with Crippen LogP contribution in [0.25, 0.3) is 0 Å². The molecule has 0 saturated carbocycles. The molecule has 130 valence electrons. The molecule has 0 radical (unpaired) electrons. The number of rotatable bonds is 6. The average molecular weight is 338 g/mol. The number of likely N-dealkylation sites (tertiary alicyclic amines) is 1. The Morgan fingerprint density at radius 2 is 2.13 bits per heavy atom. The molecule has 2 heterocycles. The van der Waals surface area contributed by atoms with E-state index >= 15 is 0 Å². The molecule has 2 unspecified atom stereocenters. The van der Waals surface area contributed by atoms with Gasteiger partial charge in [-0.25, -0.2) is 4.98 Å². The maximum absolute atomic E-state index is 12.3. The molecule has 0 N–H and O–H groups in total. The first-order valence-electron chi connectivity index (χ1n) is 8.80. The Bertz CT molecular complexity index is 514. The zero-order valence-corrected chi connectivity index (χ0v) is 16.0. The lowest BCUT2D eigenvalue weighted by Crippen LogP contribution is -2.35. The van der Waals surface area contributed by atoms with Gasteiger partial charge < -0.3 is 4.90 Å². The van der Waals surface area contributed by atoms with Crippen LogP contribution < -0.4 is 0 Å². The van der Waals surface area contributed by atoms with Crippen LogP contribution in [-0.4, -0.2) is 46.9 Å². The van der Waals surface area contributed by atoms with Crippen LogP contribution in [0, 0.1) is 12.8 Å². The Morgan fingerprint density at radius 3 is 2.74 bits per heavy atom. The number of nitrogens with zero attached hydrogens (tertiary/aromatic N) is 3. The highest BCUT2D eigenvalue weighted by atomic mass is 32.1. The molecule has 0 aliphatic carbocycles. The fourth-order valence-electron chi connectivity index (χ4n) is 3.13. The fourth-order valence-corrected chi connectivity index (χ4v) is 4.04. The maximum atomic E-state index is 12.3. The van der Waals surface area contributed by atoms with Crippen LogP contribution in [0.4, 0.5) is 0 Å². The molecule has 0 bridgehead atoms. The Morgan fingerprint density at radius 1 is 1.39 bits per heavy atom. The predicted molar refractivity (Wildman–Crippen MR) is 96.7 cm³/mol. The molecule has 1 fully saturated rings. The summed E-state index contributed by atoms with van der Waals surface area (Å²) in [6.07, 6.45) is 3.80. The SMILES string of the molecule is Cc1csc(C(C)N(C)C2CCC(=O)N(CCC(C)C)CC2)n1. The molecule has 1 aliphatic heterocycles. The lowest BCUT2D eigenvalue weighted by Gasteiger charge is -2.31. The summed E-state index contributed by atoms with van der Waals surface area (Å²) in [5.41, 5.74) is 1.10. The number of hydrogen-bond acceptors (Lipinski definition) is 4. The first kappa shape index (κ1) is 18.4. The number of aryl methyl sites for hydroxylation is 1. The van der Waals surface area contributed by atoms with Gasteiger partial charge in [-0.05, 0) is 46.1 Å². The lowest BCUT2D eigenvalue weighted by atomic mass is 10.1. The first-order valence-corrected chi connectivity index (χ1v) is 9.68. The minimum absolute atomic E-state index is 0.316. The molecule has 1 saturated heterocycles. The van der Waals surface area contributed by atoms with Gasteiger partial charge in [0, 0.05) is 36.6 Å². The Kier molecular flexibility index (Phi) is 6.60. The highest BCUT2D eigenvalue weighted by Gasteiger charge is 2.28. The van der Waals surface area contributed by atoms with Gasteiger partial charge in [0.15, 0.2) is 0 Å². The third-order valence-corrected chi connectivity index (χ3v) is 6.07. The third-order valence-electron chi connectivity index (χ3n) is 4.93. The summed E-state index contributed by atoms with van der Waals surface area (Å²) in [5.74, 6) is 0.983. The maximum Gasteiger partial charge on any atom is 0.222 e. The van der Waals surface area contributed by atoms with E-state index in [-0.39, 0.29) is 0 Å². The van der Waals surface area contributed by atoms with Crippen molar-refractivity contribution in [2.24, 2.45) is 5.92 Å². The normalized spacial score (nSPS) is 21.1. The van der Waals surface area contributed by atoms with Crippen molar-refractivity contribution in [2.75, 3.05) is 20.1 Å². The highest BCUT2D eigenvalue weighted by molar-refractivity contribution is 7.09. The summed E-state index contributed by atoms with van der Waals surface area (Å²) >= 11 is 1.74. The molecule has 23 heavy (non-hydrogen) atoms. The molecule has 0 spiro atoms. The van der Waals surface area contributed by atoms with E-state index < -0.39 is 0 Å². The zero-order chi connectivity index (χ0) is 17.0. The first-order chi connectivity index (χ1) is 10.9. The summed E-state index contributed by atoms with van der Waals surface area (Å²) in [6, 6.07) is 0.776. The van der Waals surface area contributed by atoms with Crippen molar-refractivity contribution in [3.8, 4) is 0 Å². The summed E-state index contributed by atoms with van der Waals surface area (Å²) in [7, 11) is 2.18. The van der Waals surface area contributed by atoms with Crippen LogP contribution in [0.1, 0.15) is 63.2 Å². The van der Waals surface area contributed by atoms with Gasteiger partial charge in [0.2, 0.25) is 5.91 Å². The van der Waals surface area contributed by atoms with Gasteiger partial charge in [0.1, 0.15) is 5.01 Å². The largest absolute Gasteiger partial charge is 0.343 e. The number of carbonyl (C=O) groups excluding carboxylic acids is 1. The number of carbonyl (C=O) groups is 1. The Hall–Kier alpha value is -0.940. The van der Waals surface area contributed by atoms with Crippen LogP contribution in [0.3, 0.4) is 0 Å². The number of thiazole rings is 1. The number of aromatic nitrogens is 1. The van der Waals surface area contributed by atoms with E-state index in [0.717, 1.165) is 38.0 Å². The van der Waals surface area contributed by atoms with E-state index in [4.69, 9.17) is 0 Å². The van der Waals surface area contributed by atoms with E-state index in [9.17, 15) is 4.79 Å². The van der Waals surface area contributed by atoms with Gasteiger partial charge in [0.05, 0.1) is 6.04 Å². The predicted octanol–water partition coefficient (Wildman–Crippen LogP) is 3.87. The topological polar surface area (TPSA) is 36.4 Å². The van der Waals surface area contributed by atoms with Crippen LogP contribution in [0.2, 0.25) is 0 Å². The van der Waals surface area contributed by atoms with Crippen molar-refractivity contribution >= 4 is 17.2 Å². The molecule has 4 nitrogen and oxygen atoms in total. The monoisotopic (exact) mass is 337 g/mol. The molecule has 2 atom stereocenters. The van der Waals surface area contributed by atoms with Crippen LogP contribution >= 0.6 is 11.3 Å². The summed E-state index contributed by atoms with van der Waals surface area (Å²) in [6.45, 7) is 10.5. The summed E-state index contributed by atoms with van der Waals surface area (Å²) < 4.78 is 0. The average Bonchev–Trinajstić information content (AvgIpc) is 2.85. The lowest BCUT2D eigenvalue weighted by molar-refractivity contribution is -0.130. The molecule has 1 aromatic heterocycles. The third kappa shape index (κ3) is 5.01. The molecule has 1 aliphatic rings. The molecule has 2 rings (SSSR count). The molecule has 5 heteroatoms. The molecule has 1 amide bonds. The quantitative estimate of drug-likeness (QED) is 0.790. The summed E-state index contributed by atoms with van der Waals surface area (Å²) in [4.78, 5) is 21.5. The molecular formula is C18H31N3OS. The Balaban J connectivity index is 1.94. The van der Waals surface area contributed by atoms with Crippen molar-refractivity contribution in [3.05, 3.63) is 16.1 Å². The van der Waals surface area contributed by atoms with E-state index in [0.29, 0.717) is 30.3 Å². The van der Waals surface area contributed by atoms with E-state index in [1.807, 2.05) is 6.92 Å². The standard InChI is InChI=1S/C18H31N3OS/c1-13(2)8-10-21-11-9-16(6-7-17(21)22)20(5)15(4)18-19-14(3)12-23-18/h12-13,15-16H,6-11H2,1-5H3. The smallest absolute Gasteiger partial charge is 0.222 e. The Labute approximate surface area is 144 Å². The highest BCUT2D eigenvalue weighted by Crippen LogP contribution is 2.28. The van der Waals surface area contributed by atoms with Crippen LogP contribution in [0.15, 0.2) is 5.38 Å². The van der Waals surface area contributed by atoms with Gasteiger partial charge >= 0.3 is 0 Å². The second kappa shape index (κ2) is 8.25. The van der Waals surface area contributed by atoms with Gasteiger partial charge in [-0.1, -0.05) is 13.8 Å². The summed E-state index contributed by atoms with van der Waals surface area (Å²) in [5, 5.41) is 3.29. The number of amides is 1. The van der Waals surface area contributed by atoms with E-state index in [1.54, 1.807) is 11.3 Å². The zero-order valence-electron chi connectivity index (χ0n) is 15.2. The van der Waals surface area contributed by atoms with Gasteiger partial charge in [-0.2, -0.15) is 0 Å². The van der Waals surface area contributed by atoms with Crippen LogP contribution in [0.5, 0.6) is 0 Å². The fraction of sp³-hybridized carbons (Fsp3) is 0.778. The van der Waals surface area contributed by atoms with E-state index in [1.165, 1.54) is 5.01 Å². The van der Waals surface area contributed by atoms with Crippen molar-refractivity contribution in [1.82, 2.24) is 14.8 Å². The van der Waals surface area contributed by atoms with Crippen molar-refractivity contribution in [2.45, 2.75) is 65.5 Å². The van der Waals surface area contributed by atoms with Crippen molar-refractivity contribution < 1.29 is 4.79 Å². The van der Waals surface area contributed by atoms with Gasteiger partial charge in [0.25, 0.3) is 0 Å². The minimum Gasteiger partial charge on any atom is -0.343 e.